The third kappa shape index (κ3) is 1.39. The number of aromatic nitrogens is 3. The quantitative estimate of drug-likeness (QED) is 0.673. The highest BCUT2D eigenvalue weighted by Crippen LogP contribution is 2.29. The minimum absolute atomic E-state index is 0.243. The van der Waals surface area contributed by atoms with Gasteiger partial charge in [-0.25, -0.2) is 4.39 Å². The van der Waals surface area contributed by atoms with Crippen molar-refractivity contribution in [3.05, 3.63) is 36.3 Å². The minimum Gasteiger partial charge on any atom is -0.396 e. The Balaban J connectivity index is 2.31. The number of nitrogen functional groups attached to an aromatic ring is 1. The van der Waals surface area contributed by atoms with Crippen LogP contribution in [-0.2, 0) is 7.05 Å². The molecule has 0 aliphatic carbocycles. The fourth-order valence-electron chi connectivity index (χ4n) is 2.06. The molecule has 0 atom stereocenters. The van der Waals surface area contributed by atoms with Gasteiger partial charge in [0.15, 0.2) is 0 Å². The lowest BCUT2D eigenvalue weighted by atomic mass is 10.2. The molecule has 0 spiro atoms. The van der Waals surface area contributed by atoms with E-state index in [4.69, 9.17) is 5.73 Å². The molecular formula is C12H11FN4. The summed E-state index contributed by atoms with van der Waals surface area (Å²) in [6.45, 7) is 0. The number of hydrogen-bond donors (Lipinski definition) is 2. The van der Waals surface area contributed by atoms with Gasteiger partial charge in [0.1, 0.15) is 11.5 Å². The van der Waals surface area contributed by atoms with E-state index in [1.54, 1.807) is 12.3 Å². The smallest absolute Gasteiger partial charge is 0.123 e. The van der Waals surface area contributed by atoms with Gasteiger partial charge >= 0.3 is 0 Å². The number of benzene rings is 1. The highest BCUT2D eigenvalue weighted by molar-refractivity contribution is 5.88. The Morgan fingerprint density at radius 2 is 2.18 bits per heavy atom. The maximum atomic E-state index is 13.1. The van der Waals surface area contributed by atoms with Crippen molar-refractivity contribution < 1.29 is 4.39 Å². The molecule has 0 amide bonds. The number of nitrogens with one attached hydrogen (secondary N) is 1. The number of halogens is 1. The molecule has 0 unspecified atom stereocenters. The Labute approximate surface area is 96.9 Å². The van der Waals surface area contributed by atoms with E-state index in [-0.39, 0.29) is 5.82 Å². The van der Waals surface area contributed by atoms with E-state index < -0.39 is 0 Å². The Kier molecular flexibility index (Phi) is 1.95. The van der Waals surface area contributed by atoms with Crippen LogP contribution in [0.3, 0.4) is 0 Å². The molecule has 0 aliphatic heterocycles. The molecule has 0 radical (unpaired) electrons. The first kappa shape index (κ1) is 9.89. The van der Waals surface area contributed by atoms with E-state index in [0.29, 0.717) is 5.69 Å². The van der Waals surface area contributed by atoms with Crippen LogP contribution in [0.4, 0.5) is 10.1 Å². The maximum Gasteiger partial charge on any atom is 0.123 e. The van der Waals surface area contributed by atoms with E-state index in [0.717, 1.165) is 22.3 Å². The second kappa shape index (κ2) is 3.35. The molecule has 1 aromatic carbocycles. The standard InChI is InChI=1S/C12H11FN4/c1-17-10-3-2-8(13)4-7(10)5-11(17)12-9(14)6-15-16-12/h2-6H,14H2,1H3,(H,15,16). The third-order valence-corrected chi connectivity index (χ3v) is 2.93. The molecule has 3 N–H and O–H groups in total. The molecule has 86 valence electrons. The van der Waals surface area contributed by atoms with Gasteiger partial charge in [-0.15, -0.1) is 0 Å². The zero-order chi connectivity index (χ0) is 12.0. The van der Waals surface area contributed by atoms with Crippen molar-refractivity contribution in [1.82, 2.24) is 14.8 Å². The first-order chi connectivity index (χ1) is 8.16. The summed E-state index contributed by atoms with van der Waals surface area (Å²) >= 11 is 0. The number of nitrogens with two attached hydrogens (primary N) is 1. The largest absolute Gasteiger partial charge is 0.396 e. The van der Waals surface area contributed by atoms with Crippen LogP contribution in [0.2, 0.25) is 0 Å². The van der Waals surface area contributed by atoms with Crippen LogP contribution >= 0.6 is 0 Å². The molecular weight excluding hydrogens is 219 g/mol. The van der Waals surface area contributed by atoms with E-state index in [2.05, 4.69) is 10.2 Å². The van der Waals surface area contributed by atoms with Crippen LogP contribution in [0, 0.1) is 5.82 Å². The lowest BCUT2D eigenvalue weighted by molar-refractivity contribution is 0.629. The van der Waals surface area contributed by atoms with Crippen LogP contribution in [0.25, 0.3) is 22.3 Å². The molecule has 17 heavy (non-hydrogen) atoms. The summed E-state index contributed by atoms with van der Waals surface area (Å²) in [6, 6.07) is 6.59. The molecule has 2 aromatic heterocycles. The van der Waals surface area contributed by atoms with Gasteiger partial charge in [0.2, 0.25) is 0 Å². The number of aryl methyl sites for hydroxylation is 1. The maximum absolute atomic E-state index is 13.1. The predicted octanol–water partition coefficient (Wildman–Crippen LogP) is 2.29. The van der Waals surface area contributed by atoms with Gasteiger partial charge in [-0.1, -0.05) is 0 Å². The Morgan fingerprint density at radius 3 is 2.88 bits per heavy atom. The molecule has 0 fully saturated rings. The number of rotatable bonds is 1. The van der Waals surface area contributed by atoms with Crippen molar-refractivity contribution in [2.75, 3.05) is 5.73 Å². The molecule has 5 heteroatoms. The number of anilines is 1. The van der Waals surface area contributed by atoms with E-state index in [1.807, 2.05) is 17.7 Å². The van der Waals surface area contributed by atoms with Gasteiger partial charge in [-0.2, -0.15) is 5.10 Å². The summed E-state index contributed by atoms with van der Waals surface area (Å²) in [5.41, 5.74) is 8.99. The van der Waals surface area contributed by atoms with E-state index >= 15 is 0 Å². The van der Waals surface area contributed by atoms with Gasteiger partial charge in [0, 0.05) is 18.0 Å². The normalized spacial score (nSPS) is 11.2. The summed E-state index contributed by atoms with van der Waals surface area (Å²) in [5, 5.41) is 7.58. The van der Waals surface area contributed by atoms with E-state index in [1.165, 1.54) is 12.1 Å². The fourth-order valence-corrected chi connectivity index (χ4v) is 2.06. The fraction of sp³-hybridized carbons (Fsp3) is 0.0833. The summed E-state index contributed by atoms with van der Waals surface area (Å²) in [7, 11) is 1.91. The zero-order valence-corrected chi connectivity index (χ0v) is 9.24. The number of hydrogen-bond acceptors (Lipinski definition) is 2. The van der Waals surface area contributed by atoms with Crippen LogP contribution in [0.15, 0.2) is 30.5 Å². The van der Waals surface area contributed by atoms with Crippen LogP contribution < -0.4 is 5.73 Å². The summed E-state index contributed by atoms with van der Waals surface area (Å²) in [5.74, 6) is -0.243. The first-order valence-corrected chi connectivity index (χ1v) is 5.21. The molecule has 0 saturated heterocycles. The Bertz CT molecular complexity index is 696. The van der Waals surface area contributed by atoms with Gasteiger partial charge in [0.05, 0.1) is 17.6 Å². The number of H-pyrrole nitrogens is 1. The van der Waals surface area contributed by atoms with Crippen molar-refractivity contribution in [3.63, 3.8) is 0 Å². The second-order valence-corrected chi connectivity index (χ2v) is 3.99. The Hall–Kier alpha value is -2.30. The van der Waals surface area contributed by atoms with Gasteiger partial charge < -0.3 is 10.3 Å². The van der Waals surface area contributed by atoms with Crippen molar-refractivity contribution in [1.29, 1.82) is 0 Å². The number of aromatic amines is 1. The monoisotopic (exact) mass is 230 g/mol. The first-order valence-electron chi connectivity index (χ1n) is 5.21. The van der Waals surface area contributed by atoms with Crippen molar-refractivity contribution in [2.45, 2.75) is 0 Å². The highest BCUT2D eigenvalue weighted by atomic mass is 19.1. The van der Waals surface area contributed by atoms with E-state index in [9.17, 15) is 4.39 Å². The third-order valence-electron chi connectivity index (χ3n) is 2.93. The molecule has 3 rings (SSSR count). The van der Waals surface area contributed by atoms with Crippen LogP contribution in [0.5, 0.6) is 0 Å². The van der Waals surface area contributed by atoms with Crippen molar-refractivity contribution in [3.8, 4) is 11.4 Å². The summed E-state index contributed by atoms with van der Waals surface area (Å²) in [6.07, 6.45) is 1.56. The molecule has 4 nitrogen and oxygen atoms in total. The van der Waals surface area contributed by atoms with Crippen LogP contribution in [0.1, 0.15) is 0 Å². The van der Waals surface area contributed by atoms with Gasteiger partial charge in [-0.3, -0.25) is 5.10 Å². The minimum atomic E-state index is -0.243. The Morgan fingerprint density at radius 1 is 1.35 bits per heavy atom. The predicted molar refractivity (Wildman–Crippen MR) is 64.9 cm³/mol. The topological polar surface area (TPSA) is 59.6 Å². The SMILES string of the molecule is Cn1c(-c2[nH]ncc2N)cc2cc(F)ccc21. The summed E-state index contributed by atoms with van der Waals surface area (Å²) < 4.78 is 15.1. The average molecular weight is 230 g/mol. The van der Waals surface area contributed by atoms with Gasteiger partial charge in [0.25, 0.3) is 0 Å². The lowest BCUT2D eigenvalue weighted by Crippen LogP contribution is -1.94. The number of fused-ring (bicyclic) bond motifs is 1. The molecule has 0 bridgehead atoms. The molecule has 0 saturated carbocycles. The molecule has 3 aromatic rings. The lowest BCUT2D eigenvalue weighted by Gasteiger charge is -2.02. The molecule has 0 aliphatic rings. The molecule has 2 heterocycles. The van der Waals surface area contributed by atoms with Crippen molar-refractivity contribution in [2.24, 2.45) is 7.05 Å². The second-order valence-electron chi connectivity index (χ2n) is 3.99. The highest BCUT2D eigenvalue weighted by Gasteiger charge is 2.12. The zero-order valence-electron chi connectivity index (χ0n) is 9.24. The van der Waals surface area contributed by atoms with Crippen LogP contribution in [-0.4, -0.2) is 14.8 Å². The number of nitrogens with zero attached hydrogens (tertiary/aromatic N) is 2. The summed E-state index contributed by atoms with van der Waals surface area (Å²) in [4.78, 5) is 0. The average Bonchev–Trinajstić information content (AvgIpc) is 2.83. The van der Waals surface area contributed by atoms with Crippen molar-refractivity contribution >= 4 is 16.6 Å². The van der Waals surface area contributed by atoms with Gasteiger partial charge in [-0.05, 0) is 24.3 Å².